The van der Waals surface area contributed by atoms with Crippen LogP contribution in [0, 0.1) is 0 Å². The lowest BCUT2D eigenvalue weighted by atomic mass is 10.4. The van der Waals surface area contributed by atoms with Crippen LogP contribution in [0.4, 0.5) is 0 Å². The normalized spacial score (nSPS) is 13.6. The van der Waals surface area contributed by atoms with Crippen molar-refractivity contribution in [3.05, 3.63) is 0 Å². The average Bonchev–Trinajstić information content (AvgIpc) is 2.46. The van der Waals surface area contributed by atoms with Gasteiger partial charge in [-0.25, -0.2) is 0 Å². The van der Waals surface area contributed by atoms with Gasteiger partial charge in [0.15, 0.2) is 0 Å². The molecule has 1 N–H and O–H groups in total. The monoisotopic (exact) mass is 161 g/mol. The fourth-order valence-corrected chi connectivity index (χ4v) is 0.565. The minimum absolute atomic E-state index is 0.204. The van der Waals surface area contributed by atoms with Gasteiger partial charge in [0.25, 0.3) is 0 Å². The van der Waals surface area contributed by atoms with E-state index in [-0.39, 0.29) is 5.91 Å². The van der Waals surface area contributed by atoms with Crippen molar-refractivity contribution in [3.63, 3.8) is 0 Å². The van der Waals surface area contributed by atoms with Gasteiger partial charge < -0.3 is 10.1 Å². The van der Waals surface area contributed by atoms with Crippen LogP contribution in [-0.2, 0) is 9.53 Å². The molecule has 0 saturated carbocycles. The summed E-state index contributed by atoms with van der Waals surface area (Å²) < 4.78 is 4.25. The average molecular weight is 161 g/mol. The molecule has 0 aliphatic carbocycles. The van der Waals surface area contributed by atoms with Gasteiger partial charge in [0.1, 0.15) is 0 Å². The predicted molar refractivity (Wildman–Crippen MR) is 46.5 cm³/mol. The second-order valence-corrected chi connectivity index (χ2v) is 1.86. The molecular weight excluding hydrogens is 142 g/mol. The molecule has 1 rings (SSSR count). The standard InChI is InChI=1S/C4H7NO.C2H6O.C2H6/c6-4-2-1-3-5-4;1-3-2;1-2/h1-3H2,(H,5,6);1-2H3;1-2H3. The molecule has 3 heteroatoms. The Balaban J connectivity index is 0. The first-order valence-electron chi connectivity index (χ1n) is 3.98. The maximum absolute atomic E-state index is 10.1. The van der Waals surface area contributed by atoms with Crippen molar-refractivity contribution >= 4 is 5.91 Å². The molecule has 3 nitrogen and oxygen atoms in total. The summed E-state index contributed by atoms with van der Waals surface area (Å²) in [5.41, 5.74) is 0. The fourth-order valence-electron chi connectivity index (χ4n) is 0.565. The van der Waals surface area contributed by atoms with Gasteiger partial charge in [-0.3, -0.25) is 4.79 Å². The predicted octanol–water partition coefficient (Wildman–Crippen LogP) is 1.19. The molecule has 0 aromatic carbocycles. The Labute approximate surface area is 69.1 Å². The summed E-state index contributed by atoms with van der Waals surface area (Å²) in [7, 11) is 3.25. The van der Waals surface area contributed by atoms with Gasteiger partial charge in [0, 0.05) is 27.2 Å². The Morgan fingerprint density at radius 3 is 1.91 bits per heavy atom. The SMILES string of the molecule is CC.COC.O=C1CCCN1. The summed E-state index contributed by atoms with van der Waals surface area (Å²) >= 11 is 0. The van der Waals surface area contributed by atoms with Gasteiger partial charge in [-0.1, -0.05) is 13.8 Å². The van der Waals surface area contributed by atoms with E-state index in [1.165, 1.54) is 0 Å². The van der Waals surface area contributed by atoms with Gasteiger partial charge in [0.05, 0.1) is 0 Å². The Morgan fingerprint density at radius 2 is 1.82 bits per heavy atom. The summed E-state index contributed by atoms with van der Waals surface area (Å²) in [6.07, 6.45) is 1.76. The second kappa shape index (κ2) is 12.1. The first kappa shape index (κ1) is 13.1. The van der Waals surface area contributed by atoms with Gasteiger partial charge in [-0.05, 0) is 6.42 Å². The molecule has 68 valence electrons. The molecule has 0 aromatic heterocycles. The summed E-state index contributed by atoms with van der Waals surface area (Å²) in [4.78, 5) is 10.1. The van der Waals surface area contributed by atoms with Gasteiger partial charge in [-0.2, -0.15) is 0 Å². The number of hydrogen-bond donors (Lipinski definition) is 1. The number of carbonyl (C=O) groups excluding carboxylic acids is 1. The van der Waals surface area contributed by atoms with Crippen LogP contribution in [0.1, 0.15) is 26.7 Å². The smallest absolute Gasteiger partial charge is 0.220 e. The van der Waals surface area contributed by atoms with Crippen LogP contribution < -0.4 is 5.32 Å². The van der Waals surface area contributed by atoms with Crippen molar-refractivity contribution in [2.45, 2.75) is 26.7 Å². The van der Waals surface area contributed by atoms with Gasteiger partial charge in [0.2, 0.25) is 5.91 Å². The maximum Gasteiger partial charge on any atom is 0.220 e. The van der Waals surface area contributed by atoms with Crippen LogP contribution in [0.5, 0.6) is 0 Å². The molecule has 1 saturated heterocycles. The highest BCUT2D eigenvalue weighted by atomic mass is 16.4. The fraction of sp³-hybridized carbons (Fsp3) is 0.875. The lowest BCUT2D eigenvalue weighted by Crippen LogP contribution is -2.12. The van der Waals surface area contributed by atoms with Crippen LogP contribution in [0.25, 0.3) is 0 Å². The lowest BCUT2D eigenvalue weighted by molar-refractivity contribution is -0.119. The number of carbonyl (C=O) groups is 1. The Bertz CT molecular complexity index is 76.2. The molecule has 0 radical (unpaired) electrons. The Morgan fingerprint density at radius 1 is 1.36 bits per heavy atom. The van der Waals surface area contributed by atoms with Crippen molar-refractivity contribution in [1.82, 2.24) is 5.32 Å². The zero-order valence-electron chi connectivity index (χ0n) is 7.94. The largest absolute Gasteiger partial charge is 0.388 e. The highest BCUT2D eigenvalue weighted by molar-refractivity contribution is 5.77. The minimum atomic E-state index is 0.204. The molecule has 1 amide bonds. The van der Waals surface area contributed by atoms with Crippen LogP contribution in [0.15, 0.2) is 0 Å². The summed E-state index contributed by atoms with van der Waals surface area (Å²) in [5, 5.41) is 2.68. The first-order valence-corrected chi connectivity index (χ1v) is 3.98. The van der Waals surface area contributed by atoms with Crippen molar-refractivity contribution in [3.8, 4) is 0 Å². The van der Waals surface area contributed by atoms with E-state index in [1.807, 2.05) is 13.8 Å². The highest BCUT2D eigenvalue weighted by Gasteiger charge is 2.05. The van der Waals surface area contributed by atoms with Crippen LogP contribution in [0.3, 0.4) is 0 Å². The molecule has 0 unspecified atom stereocenters. The van der Waals surface area contributed by atoms with E-state index in [1.54, 1.807) is 14.2 Å². The van der Waals surface area contributed by atoms with Crippen molar-refractivity contribution < 1.29 is 9.53 Å². The topological polar surface area (TPSA) is 38.3 Å². The van der Waals surface area contributed by atoms with Gasteiger partial charge >= 0.3 is 0 Å². The van der Waals surface area contributed by atoms with E-state index in [0.717, 1.165) is 19.4 Å². The number of methoxy groups -OCH3 is 1. The molecule has 1 aliphatic rings. The number of ether oxygens (including phenoxy) is 1. The number of rotatable bonds is 0. The third-order valence-electron chi connectivity index (χ3n) is 0.903. The molecule has 0 aromatic rings. The zero-order chi connectivity index (χ0) is 9.11. The number of amides is 1. The Hall–Kier alpha value is -0.570. The van der Waals surface area contributed by atoms with Crippen molar-refractivity contribution in [2.24, 2.45) is 0 Å². The van der Waals surface area contributed by atoms with Crippen molar-refractivity contribution in [2.75, 3.05) is 20.8 Å². The summed E-state index contributed by atoms with van der Waals surface area (Å²) in [6, 6.07) is 0. The molecule has 1 heterocycles. The first-order chi connectivity index (χ1) is 5.31. The summed E-state index contributed by atoms with van der Waals surface area (Å²) in [5.74, 6) is 0.204. The highest BCUT2D eigenvalue weighted by Crippen LogP contribution is 1.93. The molecule has 1 fully saturated rings. The van der Waals surface area contributed by atoms with E-state index in [4.69, 9.17) is 0 Å². The quantitative estimate of drug-likeness (QED) is 0.579. The molecule has 11 heavy (non-hydrogen) atoms. The number of hydrogen-bond acceptors (Lipinski definition) is 2. The van der Waals surface area contributed by atoms with Gasteiger partial charge in [-0.15, -0.1) is 0 Å². The molecular formula is C8H19NO2. The van der Waals surface area contributed by atoms with E-state index in [2.05, 4.69) is 10.1 Å². The van der Waals surface area contributed by atoms with Crippen molar-refractivity contribution in [1.29, 1.82) is 0 Å². The molecule has 0 atom stereocenters. The van der Waals surface area contributed by atoms with E-state index < -0.39 is 0 Å². The molecule has 1 aliphatic heterocycles. The second-order valence-electron chi connectivity index (χ2n) is 1.86. The van der Waals surface area contributed by atoms with Crippen LogP contribution in [0.2, 0.25) is 0 Å². The third kappa shape index (κ3) is 12.6. The van der Waals surface area contributed by atoms with Crippen LogP contribution in [-0.4, -0.2) is 26.7 Å². The van der Waals surface area contributed by atoms with E-state index in [9.17, 15) is 4.79 Å². The number of nitrogens with one attached hydrogen (secondary N) is 1. The lowest BCUT2D eigenvalue weighted by Gasteiger charge is -1.80. The van der Waals surface area contributed by atoms with E-state index >= 15 is 0 Å². The summed E-state index contributed by atoms with van der Waals surface area (Å²) in [6.45, 7) is 4.89. The van der Waals surface area contributed by atoms with E-state index in [0.29, 0.717) is 0 Å². The van der Waals surface area contributed by atoms with Crippen LogP contribution >= 0.6 is 0 Å². The minimum Gasteiger partial charge on any atom is -0.388 e. The zero-order valence-corrected chi connectivity index (χ0v) is 7.94. The Kier molecular flexibility index (Phi) is 14.4. The third-order valence-corrected chi connectivity index (χ3v) is 0.903. The molecule has 0 spiro atoms. The molecule has 0 bridgehead atoms. The maximum atomic E-state index is 10.1.